The molecule has 27 heavy (non-hydrogen) atoms. The van der Waals surface area contributed by atoms with Gasteiger partial charge in [-0.25, -0.2) is 4.79 Å². The summed E-state index contributed by atoms with van der Waals surface area (Å²) in [7, 11) is -4.45. The topological polar surface area (TPSA) is 151 Å². The Morgan fingerprint density at radius 3 is 2.07 bits per heavy atom. The first-order valence-electron chi connectivity index (χ1n) is 8.51. The number of hydrogen-bond acceptors (Lipinski definition) is 6. The van der Waals surface area contributed by atoms with Crippen molar-refractivity contribution in [2.24, 2.45) is 0 Å². The Bertz CT molecular complexity index is 985. The molecule has 2 aliphatic carbocycles. The highest BCUT2D eigenvalue weighted by Crippen LogP contribution is 2.34. The number of carbonyl (C=O) groups is 1. The zero-order valence-corrected chi connectivity index (χ0v) is 15.3. The predicted octanol–water partition coefficient (Wildman–Crippen LogP) is 1.98. The van der Waals surface area contributed by atoms with E-state index in [1.165, 1.54) is 35.4 Å². The number of nitrogens with zero attached hydrogens (tertiary/aromatic N) is 1. The quantitative estimate of drug-likeness (QED) is 0.566. The van der Waals surface area contributed by atoms with E-state index >= 15 is 0 Å². The van der Waals surface area contributed by atoms with Crippen molar-refractivity contribution in [3.63, 3.8) is 0 Å². The number of hydrogen-bond donors (Lipinski definition) is 4. The monoisotopic (exact) mass is 392 g/mol. The molecule has 0 saturated heterocycles. The van der Waals surface area contributed by atoms with Gasteiger partial charge >= 0.3 is 5.97 Å². The summed E-state index contributed by atoms with van der Waals surface area (Å²) in [6.45, 7) is 0. The van der Waals surface area contributed by atoms with E-state index in [4.69, 9.17) is 25.5 Å². The second-order valence-corrected chi connectivity index (χ2v) is 7.96. The summed E-state index contributed by atoms with van der Waals surface area (Å²) in [5.74, 6) is -2.04. The number of aromatic nitrogens is 1. The van der Waals surface area contributed by atoms with Gasteiger partial charge in [0.15, 0.2) is 0 Å². The van der Waals surface area contributed by atoms with Crippen molar-refractivity contribution in [3.05, 3.63) is 46.3 Å². The van der Waals surface area contributed by atoms with Crippen LogP contribution in [-0.4, -0.2) is 34.1 Å². The molecule has 0 aliphatic heterocycles. The number of carboxylic acids is 1. The van der Waals surface area contributed by atoms with E-state index in [-0.39, 0.29) is 0 Å². The molecule has 0 spiro atoms. The molecule has 5 N–H and O–H groups in total. The highest BCUT2D eigenvalue weighted by molar-refractivity contribution is 7.85. The van der Waals surface area contributed by atoms with Crippen LogP contribution in [0.4, 0.5) is 5.69 Å². The summed E-state index contributed by atoms with van der Waals surface area (Å²) < 4.78 is 29.8. The Hall–Kier alpha value is -2.65. The maximum Gasteiger partial charge on any atom is 0.339 e. The van der Waals surface area contributed by atoms with E-state index in [0.29, 0.717) is 6.07 Å². The minimum Gasteiger partial charge on any atom is -0.507 e. The van der Waals surface area contributed by atoms with Gasteiger partial charge in [0.05, 0.1) is 4.90 Å². The normalized spacial score (nSPS) is 14.9. The van der Waals surface area contributed by atoms with E-state index < -0.39 is 32.3 Å². The Kier molecular flexibility index (Phi) is 5.07. The third kappa shape index (κ3) is 3.88. The molecular weight excluding hydrogens is 372 g/mol. The minimum absolute atomic E-state index is 0.565. The third-order valence-electron chi connectivity index (χ3n) is 4.79. The molecule has 1 heterocycles. The molecule has 4 rings (SSSR count). The lowest BCUT2D eigenvalue weighted by Crippen LogP contribution is -2.03. The third-order valence-corrected chi connectivity index (χ3v) is 5.64. The van der Waals surface area contributed by atoms with Crippen LogP contribution in [0.2, 0.25) is 0 Å². The lowest BCUT2D eigenvalue weighted by molar-refractivity contribution is 0.0693. The fourth-order valence-electron chi connectivity index (χ4n) is 3.47. The summed E-state index contributed by atoms with van der Waals surface area (Å²) in [6.07, 6.45) is 7.09. The van der Waals surface area contributed by atoms with Gasteiger partial charge in [-0.15, -0.1) is 0 Å². The molecule has 0 radical (unpaired) electrons. The highest BCUT2D eigenvalue weighted by Gasteiger charge is 2.23. The molecule has 144 valence electrons. The van der Waals surface area contributed by atoms with Crippen molar-refractivity contribution in [2.45, 2.75) is 43.4 Å². The second-order valence-electron chi connectivity index (χ2n) is 6.54. The average molecular weight is 392 g/mol. The molecular formula is C18H20N2O6S. The standard InChI is InChI=1S/C11H14N2.C7H6O6S/c12-11-7-3-1-5-9(7)13-10-6-2-4-8(10)11;8-6-2-1-4(14(11,12)13)3-5(6)7(9)10/h1-6H2,(H2,12,13);1-3,8H,(H,9,10)(H,11,12,13). The number of aromatic hydroxyl groups is 1. The van der Waals surface area contributed by atoms with E-state index in [9.17, 15) is 13.2 Å². The molecule has 2 aliphatic rings. The van der Waals surface area contributed by atoms with Crippen LogP contribution in [0.5, 0.6) is 5.75 Å². The van der Waals surface area contributed by atoms with Gasteiger partial charge in [0.2, 0.25) is 0 Å². The first-order valence-corrected chi connectivity index (χ1v) is 9.95. The smallest absolute Gasteiger partial charge is 0.339 e. The van der Waals surface area contributed by atoms with Gasteiger partial charge in [-0.1, -0.05) is 0 Å². The molecule has 1 aromatic heterocycles. The Balaban J connectivity index is 0.000000156. The van der Waals surface area contributed by atoms with Crippen molar-refractivity contribution in [1.82, 2.24) is 4.98 Å². The summed E-state index contributed by atoms with van der Waals surface area (Å²) in [4.78, 5) is 14.6. The van der Waals surface area contributed by atoms with Crippen molar-refractivity contribution < 1.29 is 28.0 Å². The van der Waals surface area contributed by atoms with Crippen LogP contribution in [0.25, 0.3) is 0 Å². The zero-order chi connectivity index (χ0) is 19.8. The summed E-state index contributed by atoms with van der Waals surface area (Å²) in [5, 5.41) is 17.5. The van der Waals surface area contributed by atoms with Crippen LogP contribution in [0.3, 0.4) is 0 Å². The van der Waals surface area contributed by atoms with Gasteiger partial charge in [0.25, 0.3) is 10.1 Å². The van der Waals surface area contributed by atoms with Crippen LogP contribution in [0.1, 0.15) is 45.7 Å². The summed E-state index contributed by atoms with van der Waals surface area (Å²) >= 11 is 0. The van der Waals surface area contributed by atoms with Crippen LogP contribution in [0, 0.1) is 0 Å². The number of benzene rings is 1. The van der Waals surface area contributed by atoms with Gasteiger partial charge in [0, 0.05) is 17.1 Å². The molecule has 1 aromatic carbocycles. The minimum atomic E-state index is -4.45. The largest absolute Gasteiger partial charge is 0.507 e. The number of aryl methyl sites for hydroxylation is 2. The maximum atomic E-state index is 10.6. The van der Waals surface area contributed by atoms with Crippen molar-refractivity contribution in [3.8, 4) is 5.75 Å². The van der Waals surface area contributed by atoms with Crippen molar-refractivity contribution >= 4 is 21.8 Å². The van der Waals surface area contributed by atoms with Crippen molar-refractivity contribution in [1.29, 1.82) is 0 Å². The second kappa shape index (κ2) is 7.16. The van der Waals surface area contributed by atoms with Crippen LogP contribution in [0.15, 0.2) is 23.1 Å². The maximum absolute atomic E-state index is 10.6. The van der Waals surface area contributed by atoms with Gasteiger partial charge in [0.1, 0.15) is 11.3 Å². The Morgan fingerprint density at radius 1 is 1.04 bits per heavy atom. The molecule has 8 nitrogen and oxygen atoms in total. The molecule has 0 bridgehead atoms. The van der Waals surface area contributed by atoms with E-state index in [0.717, 1.165) is 43.5 Å². The first kappa shape index (κ1) is 19.1. The number of fused-ring (bicyclic) bond motifs is 2. The number of nitrogen functional groups attached to an aromatic ring is 1. The predicted molar refractivity (Wildman–Crippen MR) is 97.6 cm³/mol. The summed E-state index contributed by atoms with van der Waals surface area (Å²) in [5.41, 5.74) is 11.9. The number of phenols is 1. The molecule has 0 atom stereocenters. The zero-order valence-electron chi connectivity index (χ0n) is 14.5. The van der Waals surface area contributed by atoms with Crippen LogP contribution >= 0.6 is 0 Å². The van der Waals surface area contributed by atoms with E-state index in [2.05, 4.69) is 0 Å². The molecule has 0 unspecified atom stereocenters. The van der Waals surface area contributed by atoms with Gasteiger partial charge in [-0.05, 0) is 67.9 Å². The lowest BCUT2D eigenvalue weighted by atomic mass is 10.1. The Labute approximate surface area is 156 Å². The van der Waals surface area contributed by atoms with Crippen LogP contribution < -0.4 is 5.73 Å². The van der Waals surface area contributed by atoms with Gasteiger partial charge in [-0.2, -0.15) is 8.42 Å². The first-order chi connectivity index (χ1) is 12.7. The molecule has 2 aromatic rings. The summed E-state index contributed by atoms with van der Waals surface area (Å²) in [6, 6.07) is 2.46. The number of aromatic carboxylic acids is 1. The molecule has 9 heteroatoms. The van der Waals surface area contributed by atoms with E-state index in [1.54, 1.807) is 0 Å². The van der Waals surface area contributed by atoms with Crippen molar-refractivity contribution in [2.75, 3.05) is 5.73 Å². The molecule has 0 amide bonds. The molecule has 0 saturated carbocycles. The fourth-order valence-corrected chi connectivity index (χ4v) is 3.98. The van der Waals surface area contributed by atoms with Crippen LogP contribution in [-0.2, 0) is 35.8 Å². The number of rotatable bonds is 2. The highest BCUT2D eigenvalue weighted by atomic mass is 32.2. The number of nitrogens with two attached hydrogens (primary N) is 1. The Morgan fingerprint density at radius 2 is 1.59 bits per heavy atom. The lowest BCUT2D eigenvalue weighted by Gasteiger charge is -2.08. The van der Waals surface area contributed by atoms with Gasteiger partial charge < -0.3 is 15.9 Å². The van der Waals surface area contributed by atoms with E-state index in [1.807, 2.05) is 0 Å². The number of anilines is 1. The van der Waals surface area contributed by atoms with Gasteiger partial charge in [-0.3, -0.25) is 9.54 Å². The average Bonchev–Trinajstić information content (AvgIpc) is 3.24. The number of carboxylic acid groups (broad SMARTS) is 1. The SMILES string of the molecule is Nc1c2c(nc3c1CCC3)CCC2.O=C(O)c1cc(S(=O)(=O)O)ccc1O. The fraction of sp³-hybridized carbons (Fsp3) is 0.333. The number of pyridine rings is 1. The molecule has 0 fully saturated rings.